The van der Waals surface area contributed by atoms with Gasteiger partial charge < -0.3 is 4.74 Å². The van der Waals surface area contributed by atoms with Crippen LogP contribution in [0.3, 0.4) is 0 Å². The van der Waals surface area contributed by atoms with Crippen LogP contribution in [0, 0.1) is 17.0 Å². The number of nitro groups is 1. The molecule has 1 unspecified atom stereocenters. The molecular formula is C10H10ClNO4. The van der Waals surface area contributed by atoms with Crippen molar-refractivity contribution >= 4 is 23.3 Å². The average molecular weight is 244 g/mol. The number of ether oxygens (including phenoxy) is 1. The summed E-state index contributed by atoms with van der Waals surface area (Å²) in [5, 5.41) is 9.63. The third-order valence-electron chi connectivity index (χ3n) is 2.12. The molecular weight excluding hydrogens is 234 g/mol. The zero-order valence-corrected chi connectivity index (χ0v) is 9.52. The number of rotatable bonds is 3. The first-order chi connectivity index (χ1) is 7.47. The van der Waals surface area contributed by atoms with Crippen LogP contribution in [0.15, 0.2) is 18.2 Å². The van der Waals surface area contributed by atoms with E-state index in [2.05, 4.69) is 4.74 Å². The SMILES string of the molecule is COC(=O)C(Cl)c1ccc([N+](=O)[O-])c(C)c1. The van der Waals surface area contributed by atoms with E-state index in [9.17, 15) is 14.9 Å². The molecule has 0 aliphatic heterocycles. The Morgan fingerprint density at radius 1 is 1.56 bits per heavy atom. The van der Waals surface area contributed by atoms with Gasteiger partial charge in [0.1, 0.15) is 0 Å². The van der Waals surface area contributed by atoms with E-state index < -0.39 is 16.3 Å². The number of carbonyl (C=O) groups excluding carboxylic acids is 1. The molecule has 1 atom stereocenters. The zero-order valence-electron chi connectivity index (χ0n) is 8.77. The lowest BCUT2D eigenvalue weighted by Crippen LogP contribution is -2.09. The second kappa shape index (κ2) is 4.94. The highest BCUT2D eigenvalue weighted by molar-refractivity contribution is 6.29. The lowest BCUT2D eigenvalue weighted by Gasteiger charge is -2.08. The summed E-state index contributed by atoms with van der Waals surface area (Å²) in [7, 11) is 1.23. The lowest BCUT2D eigenvalue weighted by molar-refractivity contribution is -0.385. The van der Waals surface area contributed by atoms with Crippen LogP contribution in [0.4, 0.5) is 5.69 Å². The Morgan fingerprint density at radius 3 is 2.62 bits per heavy atom. The summed E-state index contributed by atoms with van der Waals surface area (Å²) in [6.45, 7) is 1.59. The van der Waals surface area contributed by atoms with Crippen LogP contribution in [0.25, 0.3) is 0 Å². The highest BCUT2D eigenvalue weighted by Gasteiger charge is 2.20. The standard InChI is InChI=1S/C10H10ClNO4/c1-6-5-7(9(11)10(13)16-2)3-4-8(6)12(14)15/h3-5,9H,1-2H3. The van der Waals surface area contributed by atoms with E-state index in [0.29, 0.717) is 11.1 Å². The highest BCUT2D eigenvalue weighted by Crippen LogP contribution is 2.26. The summed E-state index contributed by atoms with van der Waals surface area (Å²) in [5.74, 6) is -0.588. The fourth-order valence-corrected chi connectivity index (χ4v) is 1.51. The Balaban J connectivity index is 3.06. The second-order valence-electron chi connectivity index (χ2n) is 3.19. The molecule has 86 valence electrons. The number of hydrogen-bond donors (Lipinski definition) is 0. The van der Waals surface area contributed by atoms with Gasteiger partial charge in [-0.05, 0) is 18.6 Å². The van der Waals surface area contributed by atoms with Crippen LogP contribution < -0.4 is 0 Å². The number of carbonyl (C=O) groups is 1. The average Bonchev–Trinajstić information content (AvgIpc) is 2.26. The van der Waals surface area contributed by atoms with Crippen molar-refractivity contribution in [2.24, 2.45) is 0 Å². The second-order valence-corrected chi connectivity index (χ2v) is 3.63. The quantitative estimate of drug-likeness (QED) is 0.354. The fraction of sp³-hybridized carbons (Fsp3) is 0.300. The smallest absolute Gasteiger partial charge is 0.328 e. The summed E-state index contributed by atoms with van der Waals surface area (Å²) in [5.41, 5.74) is 0.936. The predicted octanol–water partition coefficient (Wildman–Crippen LogP) is 2.36. The minimum atomic E-state index is -0.940. The zero-order chi connectivity index (χ0) is 12.3. The minimum Gasteiger partial charge on any atom is -0.468 e. The monoisotopic (exact) mass is 243 g/mol. The molecule has 0 saturated heterocycles. The van der Waals surface area contributed by atoms with E-state index in [4.69, 9.17) is 11.6 Å². The van der Waals surface area contributed by atoms with Crippen LogP contribution in [0.2, 0.25) is 0 Å². The van der Waals surface area contributed by atoms with Gasteiger partial charge in [-0.1, -0.05) is 6.07 Å². The summed E-state index contributed by atoms with van der Waals surface area (Å²) in [6, 6.07) is 4.27. The van der Waals surface area contributed by atoms with Gasteiger partial charge in [0.15, 0.2) is 5.38 Å². The molecule has 1 rings (SSSR count). The van der Waals surface area contributed by atoms with Gasteiger partial charge in [-0.2, -0.15) is 0 Å². The molecule has 6 heteroatoms. The Bertz CT molecular complexity index is 433. The maximum absolute atomic E-state index is 11.2. The van der Waals surface area contributed by atoms with Crippen molar-refractivity contribution in [1.29, 1.82) is 0 Å². The van der Waals surface area contributed by atoms with Crippen LogP contribution in [0.1, 0.15) is 16.5 Å². The summed E-state index contributed by atoms with van der Waals surface area (Å²) >= 11 is 5.82. The van der Waals surface area contributed by atoms with Crippen molar-refractivity contribution in [3.8, 4) is 0 Å². The fourth-order valence-electron chi connectivity index (χ4n) is 1.28. The molecule has 0 heterocycles. The van der Waals surface area contributed by atoms with Gasteiger partial charge in [0, 0.05) is 11.6 Å². The third kappa shape index (κ3) is 2.49. The van der Waals surface area contributed by atoms with Crippen molar-refractivity contribution in [3.63, 3.8) is 0 Å². The number of hydrogen-bond acceptors (Lipinski definition) is 4. The molecule has 0 amide bonds. The summed E-state index contributed by atoms with van der Waals surface area (Å²) < 4.78 is 4.48. The number of esters is 1. The normalized spacial score (nSPS) is 11.9. The summed E-state index contributed by atoms with van der Waals surface area (Å²) in [4.78, 5) is 21.2. The van der Waals surface area contributed by atoms with Crippen LogP contribution in [-0.4, -0.2) is 18.0 Å². The van der Waals surface area contributed by atoms with Crippen molar-refractivity contribution in [2.45, 2.75) is 12.3 Å². The molecule has 16 heavy (non-hydrogen) atoms. The van der Waals surface area contributed by atoms with Crippen LogP contribution in [-0.2, 0) is 9.53 Å². The van der Waals surface area contributed by atoms with E-state index >= 15 is 0 Å². The molecule has 0 aliphatic rings. The number of alkyl halides is 1. The van der Waals surface area contributed by atoms with Crippen LogP contribution >= 0.6 is 11.6 Å². The molecule has 1 aromatic rings. The third-order valence-corrected chi connectivity index (χ3v) is 2.55. The molecule has 0 fully saturated rings. The topological polar surface area (TPSA) is 69.4 Å². The van der Waals surface area contributed by atoms with Crippen molar-refractivity contribution < 1.29 is 14.5 Å². The molecule has 0 aliphatic carbocycles. The molecule has 0 aromatic heterocycles. The Labute approximate surface area is 97.1 Å². The van der Waals surface area contributed by atoms with Gasteiger partial charge in [-0.25, -0.2) is 0 Å². The number of nitrogens with zero attached hydrogens (tertiary/aromatic N) is 1. The van der Waals surface area contributed by atoms with Gasteiger partial charge >= 0.3 is 5.97 Å². The highest BCUT2D eigenvalue weighted by atomic mass is 35.5. The number of benzene rings is 1. The van der Waals surface area contributed by atoms with E-state index in [1.807, 2.05) is 0 Å². The first kappa shape index (κ1) is 12.4. The number of nitro benzene ring substituents is 1. The van der Waals surface area contributed by atoms with Crippen molar-refractivity contribution in [2.75, 3.05) is 7.11 Å². The maximum atomic E-state index is 11.2. The van der Waals surface area contributed by atoms with Gasteiger partial charge in [-0.15, -0.1) is 11.6 Å². The molecule has 0 bridgehead atoms. The van der Waals surface area contributed by atoms with Crippen molar-refractivity contribution in [1.82, 2.24) is 0 Å². The lowest BCUT2D eigenvalue weighted by atomic mass is 10.1. The molecule has 0 spiro atoms. The van der Waals surface area contributed by atoms with Crippen molar-refractivity contribution in [3.05, 3.63) is 39.4 Å². The predicted molar refractivity (Wildman–Crippen MR) is 58.4 cm³/mol. The Morgan fingerprint density at radius 2 is 2.19 bits per heavy atom. The molecule has 5 nitrogen and oxygen atoms in total. The Hall–Kier alpha value is -1.62. The minimum absolute atomic E-state index is 0.00233. The first-order valence-electron chi connectivity index (χ1n) is 4.44. The number of methoxy groups -OCH3 is 1. The van der Waals surface area contributed by atoms with Crippen LogP contribution in [0.5, 0.6) is 0 Å². The summed E-state index contributed by atoms with van der Waals surface area (Å²) in [6.07, 6.45) is 0. The molecule has 0 saturated carbocycles. The van der Waals surface area contributed by atoms with E-state index in [1.165, 1.54) is 25.3 Å². The van der Waals surface area contributed by atoms with Gasteiger partial charge in [0.2, 0.25) is 0 Å². The van der Waals surface area contributed by atoms with E-state index in [1.54, 1.807) is 6.92 Å². The molecule has 1 aromatic carbocycles. The van der Waals surface area contributed by atoms with Gasteiger partial charge in [-0.3, -0.25) is 14.9 Å². The van der Waals surface area contributed by atoms with Gasteiger partial charge in [0.25, 0.3) is 5.69 Å². The molecule has 0 N–H and O–H groups in total. The van der Waals surface area contributed by atoms with E-state index in [0.717, 1.165) is 0 Å². The maximum Gasteiger partial charge on any atom is 0.328 e. The largest absolute Gasteiger partial charge is 0.468 e. The molecule has 0 radical (unpaired) electrons. The number of halogens is 1. The Kier molecular flexibility index (Phi) is 3.84. The van der Waals surface area contributed by atoms with Gasteiger partial charge in [0.05, 0.1) is 12.0 Å². The first-order valence-corrected chi connectivity index (χ1v) is 4.88. The van der Waals surface area contributed by atoms with E-state index in [-0.39, 0.29) is 5.69 Å². The number of aryl methyl sites for hydroxylation is 1.